The first-order valence-corrected chi connectivity index (χ1v) is 10.6. The fourth-order valence-corrected chi connectivity index (χ4v) is 5.68. The number of aryl methyl sites for hydroxylation is 1. The zero-order chi connectivity index (χ0) is 20.7. The molecule has 156 valence electrons. The minimum Gasteiger partial charge on any atom is -0.465 e. The van der Waals surface area contributed by atoms with Gasteiger partial charge in [-0.3, -0.25) is 0 Å². The third-order valence-corrected chi connectivity index (χ3v) is 7.12. The summed E-state index contributed by atoms with van der Waals surface area (Å²) in [6, 6.07) is 12.9. The summed E-state index contributed by atoms with van der Waals surface area (Å²) >= 11 is 0. The van der Waals surface area contributed by atoms with E-state index >= 15 is 0 Å². The number of benzene rings is 1. The zero-order valence-electron chi connectivity index (χ0n) is 17.1. The number of nitrogens with one attached hydrogen (secondary N) is 1. The molecule has 1 aliphatic heterocycles. The number of carboxylic acid groups (broad SMARTS) is 1. The average molecular weight is 406 g/mol. The van der Waals surface area contributed by atoms with Gasteiger partial charge in [0.25, 0.3) is 0 Å². The molecule has 1 saturated carbocycles. The second kappa shape index (κ2) is 7.63. The topological polar surface area (TPSA) is 85.4 Å². The third-order valence-electron chi connectivity index (χ3n) is 7.12. The number of rotatable bonds is 5. The molecular weight excluding hydrogens is 378 g/mol. The Kier molecular flexibility index (Phi) is 4.81. The van der Waals surface area contributed by atoms with Crippen LogP contribution in [-0.4, -0.2) is 57.2 Å². The number of nitrogens with zero attached hydrogens (tertiary/aromatic N) is 4. The van der Waals surface area contributed by atoms with Crippen LogP contribution in [0.3, 0.4) is 0 Å². The van der Waals surface area contributed by atoms with Crippen molar-refractivity contribution in [1.82, 2.24) is 19.9 Å². The van der Waals surface area contributed by atoms with Gasteiger partial charge in [-0.05, 0) is 48.6 Å². The van der Waals surface area contributed by atoms with Crippen LogP contribution in [0.1, 0.15) is 18.4 Å². The van der Waals surface area contributed by atoms with Crippen molar-refractivity contribution < 1.29 is 9.90 Å². The van der Waals surface area contributed by atoms with Crippen molar-refractivity contribution in [2.75, 3.05) is 25.0 Å². The quantitative estimate of drug-likeness (QED) is 0.677. The van der Waals surface area contributed by atoms with E-state index in [2.05, 4.69) is 51.2 Å². The van der Waals surface area contributed by atoms with Crippen molar-refractivity contribution in [3.63, 3.8) is 0 Å². The van der Waals surface area contributed by atoms with E-state index in [1.54, 1.807) is 11.2 Å². The van der Waals surface area contributed by atoms with Crippen LogP contribution in [0.2, 0.25) is 0 Å². The molecule has 4 atom stereocenters. The Morgan fingerprint density at radius 1 is 1.23 bits per heavy atom. The number of anilines is 1. The molecular formula is C23H27N5O2. The summed E-state index contributed by atoms with van der Waals surface area (Å²) in [5, 5.41) is 10.5. The van der Waals surface area contributed by atoms with Crippen LogP contribution >= 0.6 is 0 Å². The molecule has 1 aromatic carbocycles. The molecule has 7 nitrogen and oxygen atoms in total. The Morgan fingerprint density at radius 2 is 2.07 bits per heavy atom. The lowest BCUT2D eigenvalue weighted by Crippen LogP contribution is -2.39. The van der Waals surface area contributed by atoms with Gasteiger partial charge in [-0.2, -0.15) is 0 Å². The molecule has 2 aliphatic rings. The Labute approximate surface area is 175 Å². The molecule has 7 heteroatoms. The molecule has 2 fully saturated rings. The molecule has 1 amide bonds. The number of hydrogen-bond acceptors (Lipinski definition) is 4. The van der Waals surface area contributed by atoms with Crippen LogP contribution in [0.15, 0.2) is 48.9 Å². The summed E-state index contributed by atoms with van der Waals surface area (Å²) in [6.07, 6.45) is 5.79. The van der Waals surface area contributed by atoms with Crippen LogP contribution < -0.4 is 4.90 Å². The highest BCUT2D eigenvalue weighted by atomic mass is 16.4. The van der Waals surface area contributed by atoms with Gasteiger partial charge < -0.3 is 19.9 Å². The molecule has 1 aliphatic carbocycles. The van der Waals surface area contributed by atoms with E-state index in [0.717, 1.165) is 36.1 Å². The summed E-state index contributed by atoms with van der Waals surface area (Å²) in [4.78, 5) is 27.6. The summed E-state index contributed by atoms with van der Waals surface area (Å²) in [7, 11) is 2.13. The molecule has 3 heterocycles. The molecule has 0 bridgehead atoms. The van der Waals surface area contributed by atoms with Crippen molar-refractivity contribution >= 4 is 22.9 Å². The minimum absolute atomic E-state index is 0.340. The molecule has 1 saturated heterocycles. The summed E-state index contributed by atoms with van der Waals surface area (Å²) in [6.45, 7) is 1.29. The largest absolute Gasteiger partial charge is 0.465 e. The fraction of sp³-hybridized carbons (Fsp3) is 0.435. The second-order valence-electron chi connectivity index (χ2n) is 8.65. The average Bonchev–Trinajstić information content (AvgIpc) is 3.46. The molecule has 30 heavy (non-hydrogen) atoms. The number of H-pyrrole nitrogens is 1. The highest BCUT2D eigenvalue weighted by Gasteiger charge is 2.50. The Hall–Kier alpha value is -3.09. The molecule has 0 radical (unpaired) electrons. The molecule has 2 aromatic heterocycles. The first-order valence-electron chi connectivity index (χ1n) is 10.6. The van der Waals surface area contributed by atoms with Gasteiger partial charge in [-0.25, -0.2) is 14.8 Å². The highest BCUT2D eigenvalue weighted by molar-refractivity contribution is 5.87. The van der Waals surface area contributed by atoms with Gasteiger partial charge in [0.15, 0.2) is 0 Å². The monoisotopic (exact) mass is 405 g/mol. The van der Waals surface area contributed by atoms with Gasteiger partial charge in [-0.15, -0.1) is 0 Å². The minimum atomic E-state index is -0.791. The smallest absolute Gasteiger partial charge is 0.407 e. The SMILES string of the molecule is CN(c1ncnc2[nH]ccc12)[C@H]1C[C@@H]2CN(C(=O)O)C[C@@H]2[C@H]1CCc1ccccc1. The maximum absolute atomic E-state index is 11.6. The van der Waals surface area contributed by atoms with E-state index in [-0.39, 0.29) is 0 Å². The van der Waals surface area contributed by atoms with E-state index in [4.69, 9.17) is 0 Å². The van der Waals surface area contributed by atoms with Crippen LogP contribution in [0.4, 0.5) is 10.6 Å². The predicted octanol–water partition coefficient (Wildman–Crippen LogP) is 3.64. The van der Waals surface area contributed by atoms with Gasteiger partial charge in [0.1, 0.15) is 17.8 Å². The number of fused-ring (bicyclic) bond motifs is 2. The van der Waals surface area contributed by atoms with E-state index in [9.17, 15) is 9.90 Å². The van der Waals surface area contributed by atoms with E-state index in [1.165, 1.54) is 5.56 Å². The first kappa shape index (κ1) is 18.9. The number of aromatic amines is 1. The van der Waals surface area contributed by atoms with Crippen molar-refractivity contribution in [3.05, 3.63) is 54.5 Å². The van der Waals surface area contributed by atoms with E-state index in [0.29, 0.717) is 36.9 Å². The van der Waals surface area contributed by atoms with Gasteiger partial charge in [0.2, 0.25) is 0 Å². The van der Waals surface area contributed by atoms with E-state index < -0.39 is 6.09 Å². The summed E-state index contributed by atoms with van der Waals surface area (Å²) in [5.74, 6) is 2.19. The first-order chi connectivity index (χ1) is 14.6. The van der Waals surface area contributed by atoms with Gasteiger partial charge >= 0.3 is 6.09 Å². The maximum Gasteiger partial charge on any atom is 0.407 e. The third kappa shape index (κ3) is 3.28. The fourth-order valence-electron chi connectivity index (χ4n) is 5.68. The molecule has 0 spiro atoms. The second-order valence-corrected chi connectivity index (χ2v) is 8.65. The van der Waals surface area contributed by atoms with E-state index in [1.807, 2.05) is 18.3 Å². The van der Waals surface area contributed by atoms with Gasteiger partial charge in [0, 0.05) is 32.4 Å². The Balaban J connectivity index is 1.42. The maximum atomic E-state index is 11.6. The standard InChI is InChI=1S/C23H27N5O2/c1-27(22-18-9-10-24-21(18)25-14-26-22)20-11-16-12-28(23(29)30)13-19(16)17(20)8-7-15-5-3-2-4-6-15/h2-6,9-10,14,16-17,19-20H,7-8,11-13H2,1H3,(H,29,30)(H,24,25,26)/t16-,17-,19+,20+/m1/s1. The lowest BCUT2D eigenvalue weighted by atomic mass is 9.86. The molecule has 2 N–H and O–H groups in total. The van der Waals surface area contributed by atoms with Crippen LogP contribution in [0.25, 0.3) is 11.0 Å². The molecule has 0 unspecified atom stereocenters. The zero-order valence-corrected chi connectivity index (χ0v) is 17.1. The number of aromatic nitrogens is 3. The molecule has 3 aromatic rings. The number of amides is 1. The Morgan fingerprint density at radius 3 is 2.87 bits per heavy atom. The number of likely N-dealkylation sites (tertiary alicyclic amines) is 1. The van der Waals surface area contributed by atoms with Crippen molar-refractivity contribution in [3.8, 4) is 0 Å². The normalized spacial score (nSPS) is 25.6. The molecule has 5 rings (SSSR count). The van der Waals surface area contributed by atoms with Gasteiger partial charge in [0.05, 0.1) is 5.39 Å². The summed E-state index contributed by atoms with van der Waals surface area (Å²) < 4.78 is 0. The van der Waals surface area contributed by atoms with Crippen LogP contribution in [-0.2, 0) is 6.42 Å². The highest BCUT2D eigenvalue weighted by Crippen LogP contribution is 2.47. The van der Waals surface area contributed by atoms with Gasteiger partial charge in [-0.1, -0.05) is 30.3 Å². The van der Waals surface area contributed by atoms with Crippen molar-refractivity contribution in [2.45, 2.75) is 25.3 Å². The lowest BCUT2D eigenvalue weighted by molar-refractivity contribution is 0.149. The van der Waals surface area contributed by atoms with Crippen molar-refractivity contribution in [2.24, 2.45) is 17.8 Å². The van der Waals surface area contributed by atoms with Crippen LogP contribution in [0.5, 0.6) is 0 Å². The Bertz CT molecular complexity index is 1040. The van der Waals surface area contributed by atoms with Crippen LogP contribution in [0, 0.1) is 17.8 Å². The number of hydrogen-bond donors (Lipinski definition) is 2. The lowest BCUT2D eigenvalue weighted by Gasteiger charge is -2.33. The summed E-state index contributed by atoms with van der Waals surface area (Å²) in [5.41, 5.74) is 2.19. The number of carbonyl (C=O) groups is 1. The predicted molar refractivity (Wildman–Crippen MR) is 116 cm³/mol. The van der Waals surface area contributed by atoms with Crippen molar-refractivity contribution in [1.29, 1.82) is 0 Å².